The Balaban J connectivity index is 1.58. The van der Waals surface area contributed by atoms with Gasteiger partial charge in [-0.05, 0) is 31.0 Å². The Morgan fingerprint density at radius 3 is 2.90 bits per heavy atom. The van der Waals surface area contributed by atoms with E-state index >= 15 is 0 Å². The molecule has 0 radical (unpaired) electrons. The van der Waals surface area contributed by atoms with Gasteiger partial charge in [0.25, 0.3) is 0 Å². The monoisotopic (exact) mass is 292 g/mol. The van der Waals surface area contributed by atoms with Crippen molar-refractivity contribution in [1.82, 2.24) is 9.78 Å². The molecule has 1 N–H and O–H groups in total. The third kappa shape index (κ3) is 2.90. The molecule has 0 aromatic carbocycles. The maximum Gasteiger partial charge on any atom is 0.371 e. The Hall–Kier alpha value is -1.69. The van der Waals surface area contributed by atoms with Crippen molar-refractivity contribution in [2.24, 2.45) is 0 Å². The lowest BCUT2D eigenvalue weighted by Crippen LogP contribution is -2.05. The van der Waals surface area contributed by atoms with Gasteiger partial charge in [0.2, 0.25) is 5.76 Å². The molecule has 0 bridgehead atoms. The van der Waals surface area contributed by atoms with E-state index in [0.29, 0.717) is 16.9 Å². The van der Waals surface area contributed by atoms with Crippen molar-refractivity contribution < 1.29 is 14.3 Å². The van der Waals surface area contributed by atoms with E-state index in [4.69, 9.17) is 9.52 Å². The summed E-state index contributed by atoms with van der Waals surface area (Å²) in [5, 5.41) is 14.0. The van der Waals surface area contributed by atoms with Crippen LogP contribution in [0.4, 0.5) is 0 Å². The first kappa shape index (κ1) is 13.3. The summed E-state index contributed by atoms with van der Waals surface area (Å²) < 4.78 is 7.27. The number of rotatable bonds is 5. The third-order valence-corrected chi connectivity index (χ3v) is 4.46. The number of hydrogen-bond acceptors (Lipinski definition) is 4. The van der Waals surface area contributed by atoms with Crippen molar-refractivity contribution in [3.05, 3.63) is 35.9 Å². The summed E-state index contributed by atoms with van der Waals surface area (Å²) in [6.45, 7) is 0. The number of carboxylic acids is 1. The van der Waals surface area contributed by atoms with E-state index in [2.05, 4.69) is 9.78 Å². The summed E-state index contributed by atoms with van der Waals surface area (Å²) >= 11 is 1.46. The second kappa shape index (κ2) is 5.75. The minimum atomic E-state index is -1.04. The molecule has 0 atom stereocenters. The number of carbonyl (C=O) groups is 1. The molecule has 2 aromatic rings. The Labute approximate surface area is 121 Å². The fraction of sp³-hybridized carbons (Fsp3) is 0.429. The number of aromatic carboxylic acids is 1. The fourth-order valence-corrected chi connectivity index (χ4v) is 3.24. The first-order chi connectivity index (χ1) is 9.72. The number of carboxylic acid groups (broad SMARTS) is 1. The molecule has 1 aliphatic carbocycles. The molecule has 5 nitrogen and oxygen atoms in total. The average molecular weight is 292 g/mol. The molecule has 1 saturated carbocycles. The Morgan fingerprint density at radius 2 is 2.20 bits per heavy atom. The largest absolute Gasteiger partial charge is 0.475 e. The van der Waals surface area contributed by atoms with Crippen LogP contribution in [0.2, 0.25) is 0 Å². The van der Waals surface area contributed by atoms with Crippen LogP contribution in [0.25, 0.3) is 0 Å². The molecule has 1 aliphatic rings. The van der Waals surface area contributed by atoms with Crippen molar-refractivity contribution in [2.45, 2.75) is 42.6 Å². The maximum absolute atomic E-state index is 10.7. The van der Waals surface area contributed by atoms with Gasteiger partial charge in [0.1, 0.15) is 0 Å². The molecule has 106 valence electrons. The number of furan rings is 1. The zero-order valence-corrected chi connectivity index (χ0v) is 11.8. The molecule has 3 rings (SSSR count). The van der Waals surface area contributed by atoms with E-state index in [1.165, 1.54) is 43.5 Å². The summed E-state index contributed by atoms with van der Waals surface area (Å²) in [7, 11) is 0. The number of hydrogen-bond donors (Lipinski definition) is 1. The Bertz CT molecular complexity index is 599. The molecule has 0 unspecified atom stereocenters. The standard InChI is InChI=1S/C14H16N2O3S/c17-14(18)12-5-6-13(19-12)20-9-10-7-8-16(15-10)11-3-1-2-4-11/h5-8,11H,1-4,9H2,(H,17,18). The van der Waals surface area contributed by atoms with Crippen LogP contribution in [0.1, 0.15) is 48.0 Å². The molecule has 6 heteroatoms. The smallest absolute Gasteiger partial charge is 0.371 e. The highest BCUT2D eigenvalue weighted by molar-refractivity contribution is 7.98. The molecule has 2 heterocycles. The number of nitrogens with zero attached hydrogens (tertiary/aromatic N) is 2. The van der Waals surface area contributed by atoms with E-state index in [1.54, 1.807) is 6.07 Å². The summed E-state index contributed by atoms with van der Waals surface area (Å²) in [5.74, 6) is -0.377. The Kier molecular flexibility index (Phi) is 3.82. The van der Waals surface area contributed by atoms with Crippen molar-refractivity contribution in [1.29, 1.82) is 0 Å². The second-order valence-corrected chi connectivity index (χ2v) is 5.92. The average Bonchev–Trinajstić information content (AvgIpc) is 3.17. The molecule has 0 spiro atoms. The molecular weight excluding hydrogens is 276 g/mol. The van der Waals surface area contributed by atoms with Gasteiger partial charge in [0.15, 0.2) is 5.09 Å². The van der Waals surface area contributed by atoms with Gasteiger partial charge >= 0.3 is 5.97 Å². The predicted octanol–water partition coefficient (Wildman–Crippen LogP) is 3.58. The molecule has 2 aromatic heterocycles. The molecule has 1 fully saturated rings. The zero-order valence-electron chi connectivity index (χ0n) is 11.0. The molecular formula is C14H16N2O3S. The van der Waals surface area contributed by atoms with Gasteiger partial charge in [-0.2, -0.15) is 5.10 Å². The highest BCUT2D eigenvalue weighted by atomic mass is 32.2. The lowest BCUT2D eigenvalue weighted by atomic mass is 10.3. The topological polar surface area (TPSA) is 68.3 Å². The first-order valence-electron chi connectivity index (χ1n) is 6.72. The number of thioether (sulfide) groups is 1. The molecule has 0 aliphatic heterocycles. The maximum atomic E-state index is 10.7. The van der Waals surface area contributed by atoms with E-state index < -0.39 is 5.97 Å². The van der Waals surface area contributed by atoms with Crippen LogP contribution in [-0.4, -0.2) is 20.9 Å². The Morgan fingerprint density at radius 1 is 1.40 bits per heavy atom. The quantitative estimate of drug-likeness (QED) is 0.853. The van der Waals surface area contributed by atoms with E-state index in [-0.39, 0.29) is 5.76 Å². The van der Waals surface area contributed by atoms with Crippen LogP contribution < -0.4 is 0 Å². The minimum absolute atomic E-state index is 0.0241. The summed E-state index contributed by atoms with van der Waals surface area (Å²) in [6, 6.07) is 5.73. The van der Waals surface area contributed by atoms with Crippen molar-refractivity contribution in [2.75, 3.05) is 0 Å². The third-order valence-electron chi connectivity index (χ3n) is 3.52. The summed E-state index contributed by atoms with van der Waals surface area (Å²) in [5.41, 5.74) is 0.996. The fourth-order valence-electron chi connectivity index (χ4n) is 2.48. The SMILES string of the molecule is O=C(O)c1ccc(SCc2ccn(C3CCCC3)n2)o1. The van der Waals surface area contributed by atoms with Crippen molar-refractivity contribution >= 4 is 17.7 Å². The lowest BCUT2D eigenvalue weighted by Gasteiger charge is -2.08. The van der Waals surface area contributed by atoms with Gasteiger partial charge in [-0.15, -0.1) is 0 Å². The van der Waals surface area contributed by atoms with E-state index in [0.717, 1.165) is 5.69 Å². The van der Waals surface area contributed by atoms with Gasteiger partial charge in [-0.3, -0.25) is 4.68 Å². The first-order valence-corrected chi connectivity index (χ1v) is 7.71. The van der Waals surface area contributed by atoms with Gasteiger partial charge < -0.3 is 9.52 Å². The predicted molar refractivity (Wildman–Crippen MR) is 75.0 cm³/mol. The minimum Gasteiger partial charge on any atom is -0.475 e. The van der Waals surface area contributed by atoms with Gasteiger partial charge in [-0.25, -0.2) is 4.79 Å². The summed E-state index contributed by atoms with van der Waals surface area (Å²) in [6.07, 6.45) is 7.05. The number of aromatic nitrogens is 2. The highest BCUT2D eigenvalue weighted by Gasteiger charge is 2.17. The van der Waals surface area contributed by atoms with Crippen LogP contribution in [0, 0.1) is 0 Å². The van der Waals surface area contributed by atoms with Crippen molar-refractivity contribution in [3.63, 3.8) is 0 Å². The van der Waals surface area contributed by atoms with E-state index in [9.17, 15) is 4.79 Å². The van der Waals surface area contributed by atoms with Gasteiger partial charge in [-0.1, -0.05) is 24.6 Å². The molecule has 0 saturated heterocycles. The zero-order chi connectivity index (χ0) is 13.9. The molecule has 0 amide bonds. The summed E-state index contributed by atoms with van der Waals surface area (Å²) in [4.78, 5) is 10.7. The normalized spacial score (nSPS) is 15.8. The second-order valence-electron chi connectivity index (χ2n) is 4.94. The van der Waals surface area contributed by atoms with Gasteiger partial charge in [0.05, 0.1) is 11.7 Å². The lowest BCUT2D eigenvalue weighted by molar-refractivity contribution is 0.0656. The van der Waals surface area contributed by atoms with Crippen LogP contribution in [0.3, 0.4) is 0 Å². The van der Waals surface area contributed by atoms with Crippen LogP contribution in [0.5, 0.6) is 0 Å². The van der Waals surface area contributed by atoms with Crippen LogP contribution >= 0.6 is 11.8 Å². The van der Waals surface area contributed by atoms with Crippen LogP contribution in [-0.2, 0) is 5.75 Å². The van der Waals surface area contributed by atoms with Gasteiger partial charge in [0, 0.05) is 11.9 Å². The van der Waals surface area contributed by atoms with Crippen molar-refractivity contribution in [3.8, 4) is 0 Å². The van der Waals surface area contributed by atoms with Crippen LogP contribution in [0.15, 0.2) is 33.9 Å². The highest BCUT2D eigenvalue weighted by Crippen LogP contribution is 2.29. The molecule has 20 heavy (non-hydrogen) atoms. The van der Waals surface area contributed by atoms with E-state index in [1.807, 2.05) is 12.3 Å².